The third-order valence-electron chi connectivity index (χ3n) is 4.19. The zero-order valence-corrected chi connectivity index (χ0v) is 16.1. The molecule has 2 heterocycles. The van der Waals surface area contributed by atoms with Gasteiger partial charge >= 0.3 is 7.60 Å². The monoisotopic (exact) mass is 382 g/mol. The highest BCUT2D eigenvalue weighted by atomic mass is 35.5. The van der Waals surface area contributed by atoms with Gasteiger partial charge in [0.15, 0.2) is 11.6 Å². The summed E-state index contributed by atoms with van der Waals surface area (Å²) in [5.74, 6) is 1.20. The van der Waals surface area contributed by atoms with Gasteiger partial charge in [-0.1, -0.05) is 25.4 Å². The molecule has 134 valence electrons. The van der Waals surface area contributed by atoms with Crippen molar-refractivity contribution in [3.8, 4) is 11.6 Å². The molecule has 0 fully saturated rings. The standard InChI is InChI=1S/C17H20ClN2O4P/c1-9(2)8-20-13-7-12(18)10(3)11(4)16(13)19-17(20)14-5-6-15(24-14)25(21,22)23/h5-7,9H,8H2,1-4H3,(H2,21,22,23). The van der Waals surface area contributed by atoms with Gasteiger partial charge in [-0.3, -0.25) is 4.57 Å². The van der Waals surface area contributed by atoms with Gasteiger partial charge in [-0.25, -0.2) is 4.98 Å². The summed E-state index contributed by atoms with van der Waals surface area (Å²) >= 11 is 6.35. The fourth-order valence-electron chi connectivity index (χ4n) is 2.82. The molecule has 3 aromatic rings. The number of nitrogens with zero attached hydrogens (tertiary/aromatic N) is 2. The molecule has 6 nitrogen and oxygen atoms in total. The van der Waals surface area contributed by atoms with Crippen LogP contribution in [0.2, 0.25) is 5.02 Å². The highest BCUT2D eigenvalue weighted by Gasteiger charge is 2.25. The molecule has 0 amide bonds. The van der Waals surface area contributed by atoms with Gasteiger partial charge < -0.3 is 18.8 Å². The first-order valence-electron chi connectivity index (χ1n) is 7.92. The zero-order chi connectivity index (χ0) is 18.5. The Bertz CT molecular complexity index is 1000. The molecule has 25 heavy (non-hydrogen) atoms. The summed E-state index contributed by atoms with van der Waals surface area (Å²) in [6, 6.07) is 4.71. The van der Waals surface area contributed by atoms with Crippen LogP contribution in [0.25, 0.3) is 22.6 Å². The second-order valence-electron chi connectivity index (χ2n) is 6.60. The van der Waals surface area contributed by atoms with Gasteiger partial charge in [-0.2, -0.15) is 0 Å². The summed E-state index contributed by atoms with van der Waals surface area (Å²) in [5, 5.41) is 0.664. The Hall–Kier alpha value is -1.59. The third-order valence-corrected chi connectivity index (χ3v) is 5.40. The van der Waals surface area contributed by atoms with Crippen LogP contribution in [0.5, 0.6) is 0 Å². The van der Waals surface area contributed by atoms with Gasteiger partial charge in [0.1, 0.15) is 0 Å². The molecule has 2 N–H and O–H groups in total. The summed E-state index contributed by atoms with van der Waals surface area (Å²) in [6.45, 7) is 8.75. The van der Waals surface area contributed by atoms with E-state index in [4.69, 9.17) is 21.0 Å². The van der Waals surface area contributed by atoms with Crippen molar-refractivity contribution >= 4 is 35.7 Å². The van der Waals surface area contributed by atoms with Gasteiger partial charge in [-0.15, -0.1) is 0 Å². The van der Waals surface area contributed by atoms with E-state index >= 15 is 0 Å². The number of hydrogen-bond donors (Lipinski definition) is 2. The molecule has 2 aromatic heterocycles. The third kappa shape index (κ3) is 3.27. The van der Waals surface area contributed by atoms with Crippen molar-refractivity contribution in [1.29, 1.82) is 0 Å². The van der Waals surface area contributed by atoms with Crippen molar-refractivity contribution in [3.05, 3.63) is 34.3 Å². The lowest BCUT2D eigenvalue weighted by Gasteiger charge is -2.11. The van der Waals surface area contributed by atoms with Crippen molar-refractivity contribution in [2.24, 2.45) is 5.92 Å². The molecule has 0 aliphatic carbocycles. The smallest absolute Gasteiger partial charge is 0.391 e. The van der Waals surface area contributed by atoms with Gasteiger partial charge in [0.05, 0.1) is 11.0 Å². The Morgan fingerprint density at radius 2 is 1.96 bits per heavy atom. The van der Waals surface area contributed by atoms with Crippen molar-refractivity contribution < 1.29 is 18.8 Å². The molecule has 0 atom stereocenters. The quantitative estimate of drug-likeness (QED) is 0.665. The molecule has 0 unspecified atom stereocenters. The number of aryl methyl sites for hydroxylation is 1. The SMILES string of the molecule is Cc1c(Cl)cc2c(nc(-c3ccc(P(=O)(O)O)o3)n2CC(C)C)c1C. The van der Waals surface area contributed by atoms with Crippen LogP contribution in [0.4, 0.5) is 0 Å². The highest BCUT2D eigenvalue weighted by molar-refractivity contribution is 7.59. The van der Waals surface area contributed by atoms with Crippen LogP contribution in [0.1, 0.15) is 25.0 Å². The van der Waals surface area contributed by atoms with Gasteiger partial charge in [0.25, 0.3) is 0 Å². The number of halogens is 1. The average Bonchev–Trinajstić information content (AvgIpc) is 3.10. The molecular formula is C17H20ClN2O4P. The normalized spacial score (nSPS) is 12.5. The van der Waals surface area contributed by atoms with Crippen LogP contribution in [0.3, 0.4) is 0 Å². The van der Waals surface area contributed by atoms with Crippen LogP contribution >= 0.6 is 19.2 Å². The fourth-order valence-corrected chi connectivity index (χ4v) is 3.55. The second-order valence-corrected chi connectivity index (χ2v) is 8.53. The summed E-state index contributed by atoms with van der Waals surface area (Å²) in [5.41, 5.74) is 3.27. The van der Waals surface area contributed by atoms with E-state index in [0.717, 1.165) is 22.2 Å². The van der Waals surface area contributed by atoms with Crippen molar-refractivity contribution in [2.75, 3.05) is 0 Å². The second kappa shape index (κ2) is 6.29. The van der Waals surface area contributed by atoms with E-state index in [1.165, 1.54) is 12.1 Å². The number of furan rings is 1. The molecule has 0 aliphatic rings. The molecule has 0 saturated heterocycles. The topological polar surface area (TPSA) is 88.5 Å². The Morgan fingerprint density at radius 3 is 2.52 bits per heavy atom. The lowest BCUT2D eigenvalue weighted by molar-refractivity contribution is 0.377. The maximum absolute atomic E-state index is 11.4. The first-order valence-corrected chi connectivity index (χ1v) is 9.91. The largest absolute Gasteiger partial charge is 0.445 e. The highest BCUT2D eigenvalue weighted by Crippen LogP contribution is 2.37. The minimum atomic E-state index is -4.44. The van der Waals surface area contributed by atoms with Crippen molar-refractivity contribution in [3.63, 3.8) is 0 Å². The molecule has 0 bridgehead atoms. The van der Waals surface area contributed by atoms with E-state index in [0.29, 0.717) is 29.1 Å². The summed E-state index contributed by atoms with van der Waals surface area (Å²) < 4.78 is 18.8. The fraction of sp³-hybridized carbons (Fsp3) is 0.353. The predicted octanol–water partition coefficient (Wildman–Crippen LogP) is 4.03. The maximum atomic E-state index is 11.4. The molecule has 0 radical (unpaired) electrons. The number of rotatable bonds is 4. The minimum Gasteiger partial charge on any atom is -0.445 e. The molecular weight excluding hydrogens is 363 g/mol. The first kappa shape index (κ1) is 18.2. The van der Waals surface area contributed by atoms with E-state index in [1.807, 2.05) is 24.5 Å². The molecule has 1 aromatic carbocycles. The number of hydrogen-bond acceptors (Lipinski definition) is 3. The first-order chi connectivity index (χ1) is 11.6. The van der Waals surface area contributed by atoms with Crippen LogP contribution < -0.4 is 5.50 Å². The molecule has 8 heteroatoms. The number of fused-ring (bicyclic) bond motifs is 1. The minimum absolute atomic E-state index is 0.323. The van der Waals surface area contributed by atoms with Crippen LogP contribution in [0, 0.1) is 19.8 Å². The Labute approximate surface area is 150 Å². The van der Waals surface area contributed by atoms with E-state index in [2.05, 4.69) is 13.8 Å². The zero-order valence-electron chi connectivity index (χ0n) is 14.4. The summed E-state index contributed by atoms with van der Waals surface area (Å²) in [7, 11) is -4.44. The van der Waals surface area contributed by atoms with Gasteiger partial charge in [0, 0.05) is 11.6 Å². The van der Waals surface area contributed by atoms with Gasteiger partial charge in [0.2, 0.25) is 5.50 Å². The van der Waals surface area contributed by atoms with Crippen molar-refractivity contribution in [1.82, 2.24) is 9.55 Å². The lowest BCUT2D eigenvalue weighted by atomic mass is 10.1. The van der Waals surface area contributed by atoms with E-state index in [-0.39, 0.29) is 5.50 Å². The Balaban J connectivity index is 2.28. The predicted molar refractivity (Wildman–Crippen MR) is 98.4 cm³/mol. The number of aromatic nitrogens is 2. The average molecular weight is 383 g/mol. The van der Waals surface area contributed by atoms with Crippen molar-refractivity contribution in [2.45, 2.75) is 34.2 Å². The number of benzene rings is 1. The van der Waals surface area contributed by atoms with Crippen LogP contribution in [0.15, 0.2) is 22.6 Å². The molecule has 0 spiro atoms. The maximum Gasteiger partial charge on any atom is 0.391 e. The van der Waals surface area contributed by atoms with Gasteiger partial charge in [-0.05, 0) is 49.1 Å². The van der Waals surface area contributed by atoms with E-state index < -0.39 is 7.60 Å². The summed E-state index contributed by atoms with van der Waals surface area (Å²) in [4.78, 5) is 23.3. The van der Waals surface area contributed by atoms with E-state index in [1.54, 1.807) is 0 Å². The van der Waals surface area contributed by atoms with Crippen LogP contribution in [-0.2, 0) is 11.1 Å². The summed E-state index contributed by atoms with van der Waals surface area (Å²) in [6.07, 6.45) is 0. The Morgan fingerprint density at radius 1 is 1.28 bits per heavy atom. The lowest BCUT2D eigenvalue weighted by Crippen LogP contribution is -2.06. The molecule has 0 saturated carbocycles. The Kier molecular flexibility index (Phi) is 4.58. The molecule has 3 rings (SSSR count). The number of imidazole rings is 1. The van der Waals surface area contributed by atoms with E-state index in [9.17, 15) is 14.4 Å². The van der Waals surface area contributed by atoms with Crippen LogP contribution in [-0.4, -0.2) is 19.3 Å². The molecule has 0 aliphatic heterocycles.